The smallest absolute Gasteiger partial charge is 0.0611 e. The molecular formula is C8H18N2OS. The summed E-state index contributed by atoms with van der Waals surface area (Å²) in [5, 5.41) is 0. The average Bonchev–Trinajstić information content (AvgIpc) is 2.35. The summed E-state index contributed by atoms with van der Waals surface area (Å²) in [6.07, 6.45) is 2.20. The SMILES string of the molecule is CN(C)CCN=S1(=O)CCCC1. The molecule has 3 nitrogen and oxygen atoms in total. The molecule has 0 spiro atoms. The van der Waals surface area contributed by atoms with Gasteiger partial charge in [0.25, 0.3) is 0 Å². The summed E-state index contributed by atoms with van der Waals surface area (Å²) in [4.78, 5) is 2.07. The summed E-state index contributed by atoms with van der Waals surface area (Å²) in [5.41, 5.74) is 0. The van der Waals surface area contributed by atoms with Crippen LogP contribution in [-0.2, 0) is 9.73 Å². The van der Waals surface area contributed by atoms with Gasteiger partial charge < -0.3 is 4.90 Å². The fourth-order valence-electron chi connectivity index (χ4n) is 1.29. The van der Waals surface area contributed by atoms with Crippen molar-refractivity contribution >= 4 is 9.73 Å². The van der Waals surface area contributed by atoms with Crippen LogP contribution in [0.15, 0.2) is 4.36 Å². The molecule has 0 aromatic rings. The third kappa shape index (κ3) is 3.11. The van der Waals surface area contributed by atoms with Gasteiger partial charge >= 0.3 is 0 Å². The van der Waals surface area contributed by atoms with E-state index in [9.17, 15) is 4.21 Å². The highest BCUT2D eigenvalue weighted by atomic mass is 32.2. The maximum absolute atomic E-state index is 11.8. The molecule has 1 aliphatic heterocycles. The normalized spacial score (nSPS) is 21.6. The van der Waals surface area contributed by atoms with E-state index in [1.807, 2.05) is 14.1 Å². The Balaban J connectivity index is 2.40. The van der Waals surface area contributed by atoms with E-state index in [2.05, 4.69) is 9.26 Å². The van der Waals surface area contributed by atoms with Crippen molar-refractivity contribution in [1.82, 2.24) is 4.90 Å². The molecule has 1 fully saturated rings. The van der Waals surface area contributed by atoms with E-state index in [-0.39, 0.29) is 0 Å². The first-order chi connectivity index (χ1) is 5.62. The van der Waals surface area contributed by atoms with E-state index in [1.165, 1.54) is 0 Å². The van der Waals surface area contributed by atoms with Crippen LogP contribution in [-0.4, -0.2) is 47.8 Å². The van der Waals surface area contributed by atoms with Crippen LogP contribution in [0.5, 0.6) is 0 Å². The monoisotopic (exact) mass is 190 g/mol. The van der Waals surface area contributed by atoms with Crippen LogP contribution in [0.1, 0.15) is 12.8 Å². The lowest BCUT2D eigenvalue weighted by atomic mass is 10.4. The first kappa shape index (κ1) is 9.99. The van der Waals surface area contributed by atoms with Gasteiger partial charge in [-0.1, -0.05) is 0 Å². The summed E-state index contributed by atoms with van der Waals surface area (Å²) < 4.78 is 16.1. The van der Waals surface area contributed by atoms with E-state index in [1.54, 1.807) is 0 Å². The maximum atomic E-state index is 11.8. The van der Waals surface area contributed by atoms with Gasteiger partial charge in [-0.05, 0) is 26.9 Å². The van der Waals surface area contributed by atoms with Crippen LogP contribution in [0.25, 0.3) is 0 Å². The Kier molecular flexibility index (Phi) is 3.53. The molecule has 4 heteroatoms. The lowest BCUT2D eigenvalue weighted by Gasteiger charge is -2.06. The Morgan fingerprint density at radius 3 is 2.42 bits per heavy atom. The number of nitrogens with zero attached hydrogens (tertiary/aromatic N) is 2. The zero-order valence-corrected chi connectivity index (χ0v) is 8.77. The quantitative estimate of drug-likeness (QED) is 0.660. The van der Waals surface area contributed by atoms with E-state index < -0.39 is 9.73 Å². The van der Waals surface area contributed by atoms with Crippen molar-refractivity contribution in [3.05, 3.63) is 0 Å². The molecule has 0 unspecified atom stereocenters. The highest BCUT2D eigenvalue weighted by molar-refractivity contribution is 7.93. The minimum absolute atomic E-state index is 0.728. The molecular weight excluding hydrogens is 172 g/mol. The highest BCUT2D eigenvalue weighted by Crippen LogP contribution is 2.12. The van der Waals surface area contributed by atoms with Crippen molar-refractivity contribution in [2.75, 3.05) is 38.7 Å². The number of likely N-dealkylation sites (N-methyl/N-ethyl adjacent to an activating group) is 1. The van der Waals surface area contributed by atoms with Gasteiger partial charge in [-0.25, -0.2) is 8.57 Å². The van der Waals surface area contributed by atoms with Crippen LogP contribution in [0, 0.1) is 0 Å². The van der Waals surface area contributed by atoms with Crippen LogP contribution in [0.3, 0.4) is 0 Å². The van der Waals surface area contributed by atoms with Crippen LogP contribution < -0.4 is 0 Å². The summed E-state index contributed by atoms with van der Waals surface area (Å²) in [5.74, 6) is 1.67. The van der Waals surface area contributed by atoms with Gasteiger partial charge in [-0.15, -0.1) is 0 Å². The third-order valence-electron chi connectivity index (χ3n) is 2.05. The molecule has 0 aromatic carbocycles. The summed E-state index contributed by atoms with van der Waals surface area (Å²) >= 11 is 0. The molecule has 0 radical (unpaired) electrons. The Hall–Kier alpha value is -0.0900. The molecule has 1 aliphatic rings. The standard InChI is InChI=1S/C8H18N2OS/c1-10(2)6-5-9-12(11)7-3-4-8-12/h3-8H2,1-2H3. The first-order valence-electron chi connectivity index (χ1n) is 4.45. The van der Waals surface area contributed by atoms with Gasteiger partial charge in [0.1, 0.15) is 0 Å². The molecule has 72 valence electrons. The van der Waals surface area contributed by atoms with E-state index >= 15 is 0 Å². The fraction of sp³-hybridized carbons (Fsp3) is 1.00. The molecule has 0 aromatic heterocycles. The van der Waals surface area contributed by atoms with Crippen LogP contribution in [0.2, 0.25) is 0 Å². The lowest BCUT2D eigenvalue weighted by molar-refractivity contribution is 0.421. The van der Waals surface area contributed by atoms with E-state index in [0.29, 0.717) is 0 Å². The Morgan fingerprint density at radius 1 is 1.33 bits per heavy atom. The molecule has 1 rings (SSSR count). The molecule has 1 heterocycles. The van der Waals surface area contributed by atoms with Crippen molar-refractivity contribution in [1.29, 1.82) is 0 Å². The maximum Gasteiger partial charge on any atom is 0.0611 e. The predicted octanol–water partition coefficient (Wildman–Crippen LogP) is 0.810. The molecule has 0 atom stereocenters. The van der Waals surface area contributed by atoms with Gasteiger partial charge in [-0.3, -0.25) is 0 Å². The van der Waals surface area contributed by atoms with Crippen molar-refractivity contribution in [3.8, 4) is 0 Å². The summed E-state index contributed by atoms with van der Waals surface area (Å²) in [7, 11) is 2.27. The molecule has 0 N–H and O–H groups in total. The second-order valence-electron chi connectivity index (χ2n) is 3.54. The zero-order valence-electron chi connectivity index (χ0n) is 7.95. The predicted molar refractivity (Wildman–Crippen MR) is 53.0 cm³/mol. The average molecular weight is 190 g/mol. The Morgan fingerprint density at radius 2 is 1.92 bits per heavy atom. The highest BCUT2D eigenvalue weighted by Gasteiger charge is 2.15. The first-order valence-corrected chi connectivity index (χ1v) is 6.31. The molecule has 0 saturated carbocycles. The van der Waals surface area contributed by atoms with Gasteiger partial charge in [0.15, 0.2) is 0 Å². The summed E-state index contributed by atoms with van der Waals surface area (Å²) in [6.45, 7) is 1.64. The number of rotatable bonds is 3. The minimum atomic E-state index is -1.75. The van der Waals surface area contributed by atoms with E-state index in [0.717, 1.165) is 37.4 Å². The number of hydrogen-bond donors (Lipinski definition) is 0. The largest absolute Gasteiger partial charge is 0.308 e. The van der Waals surface area contributed by atoms with Crippen LogP contribution in [0.4, 0.5) is 0 Å². The van der Waals surface area contributed by atoms with Crippen LogP contribution >= 0.6 is 0 Å². The Labute approximate surface area is 75.3 Å². The van der Waals surface area contributed by atoms with Crippen molar-refractivity contribution in [2.24, 2.45) is 4.36 Å². The van der Waals surface area contributed by atoms with Crippen molar-refractivity contribution in [3.63, 3.8) is 0 Å². The topological polar surface area (TPSA) is 32.7 Å². The third-order valence-corrected chi connectivity index (χ3v) is 4.56. The zero-order chi connectivity index (χ0) is 9.03. The fourth-order valence-corrected chi connectivity index (χ4v) is 3.48. The van der Waals surface area contributed by atoms with Gasteiger partial charge in [-0.2, -0.15) is 0 Å². The molecule has 12 heavy (non-hydrogen) atoms. The number of hydrogen-bond acceptors (Lipinski definition) is 3. The minimum Gasteiger partial charge on any atom is -0.308 e. The lowest BCUT2D eigenvalue weighted by Crippen LogP contribution is -2.16. The second-order valence-corrected chi connectivity index (χ2v) is 6.16. The molecule has 0 aliphatic carbocycles. The van der Waals surface area contributed by atoms with E-state index in [4.69, 9.17) is 0 Å². The van der Waals surface area contributed by atoms with Crippen molar-refractivity contribution in [2.45, 2.75) is 12.8 Å². The van der Waals surface area contributed by atoms with Crippen molar-refractivity contribution < 1.29 is 4.21 Å². The molecule has 1 saturated heterocycles. The summed E-state index contributed by atoms with van der Waals surface area (Å²) in [6, 6.07) is 0. The van der Waals surface area contributed by atoms with Gasteiger partial charge in [0.2, 0.25) is 0 Å². The molecule has 0 bridgehead atoms. The second kappa shape index (κ2) is 4.23. The van der Waals surface area contributed by atoms with Gasteiger partial charge in [0.05, 0.1) is 6.54 Å². The Bertz CT molecular complexity index is 229. The molecule has 0 amide bonds. The van der Waals surface area contributed by atoms with Gasteiger partial charge in [0, 0.05) is 27.8 Å².